The van der Waals surface area contributed by atoms with Gasteiger partial charge in [-0.3, -0.25) is 4.79 Å². The van der Waals surface area contributed by atoms with Crippen LogP contribution < -0.4 is 4.90 Å². The predicted octanol–water partition coefficient (Wildman–Crippen LogP) is 0.962. The third kappa shape index (κ3) is 2.87. The van der Waals surface area contributed by atoms with E-state index in [1.54, 1.807) is 4.90 Å². The second-order valence-electron chi connectivity index (χ2n) is 4.34. The fraction of sp³-hybridized carbons (Fsp3) is 0.333. The molecular weight excluding hydrogens is 246 g/mol. The highest BCUT2D eigenvalue weighted by Gasteiger charge is 2.21. The average Bonchev–Trinajstić information content (AvgIpc) is 2.85. The molecule has 0 unspecified atom stereocenters. The molecule has 2 aromatic rings. The first-order valence-corrected chi connectivity index (χ1v) is 5.92. The van der Waals surface area contributed by atoms with Crippen LogP contribution in [0.3, 0.4) is 0 Å². The van der Waals surface area contributed by atoms with Crippen LogP contribution >= 0.6 is 0 Å². The fourth-order valence-corrected chi connectivity index (χ4v) is 1.73. The van der Waals surface area contributed by atoms with Gasteiger partial charge in [0.15, 0.2) is 0 Å². The average molecular weight is 261 g/mol. The smallest absolute Gasteiger partial charge is 0.323 e. The minimum Gasteiger partial charge on any atom is -0.480 e. The van der Waals surface area contributed by atoms with Gasteiger partial charge in [-0.2, -0.15) is 4.68 Å². The topological polar surface area (TPSA) is 84.1 Å². The number of carboxylic acids is 1. The number of carboxylic acid groups (broad SMARTS) is 1. The van der Waals surface area contributed by atoms with Gasteiger partial charge in [0.05, 0.1) is 5.69 Å². The van der Waals surface area contributed by atoms with Gasteiger partial charge >= 0.3 is 5.97 Å². The van der Waals surface area contributed by atoms with Crippen LogP contribution in [0, 0.1) is 0 Å². The highest BCUT2D eigenvalue weighted by Crippen LogP contribution is 2.17. The van der Waals surface area contributed by atoms with Crippen LogP contribution in [0.25, 0.3) is 5.69 Å². The molecule has 100 valence electrons. The maximum absolute atomic E-state index is 10.9. The SMILES string of the molecule is CC(C)N(CC(=O)O)c1nnnn1-c1ccccc1. The van der Waals surface area contributed by atoms with E-state index in [0.29, 0.717) is 5.95 Å². The maximum atomic E-state index is 10.9. The molecule has 0 aliphatic rings. The van der Waals surface area contributed by atoms with Crippen molar-refractivity contribution in [1.82, 2.24) is 20.2 Å². The van der Waals surface area contributed by atoms with Gasteiger partial charge in [0.25, 0.3) is 5.95 Å². The van der Waals surface area contributed by atoms with Crippen molar-refractivity contribution in [1.29, 1.82) is 0 Å². The highest BCUT2D eigenvalue weighted by atomic mass is 16.4. The largest absolute Gasteiger partial charge is 0.480 e. The lowest BCUT2D eigenvalue weighted by atomic mass is 10.3. The first-order chi connectivity index (χ1) is 9.09. The van der Waals surface area contributed by atoms with Crippen molar-refractivity contribution in [3.8, 4) is 5.69 Å². The summed E-state index contributed by atoms with van der Waals surface area (Å²) in [6.45, 7) is 3.64. The highest BCUT2D eigenvalue weighted by molar-refractivity contribution is 5.73. The molecule has 0 aliphatic heterocycles. The summed E-state index contributed by atoms with van der Waals surface area (Å²) in [7, 11) is 0. The molecule has 1 aromatic carbocycles. The Hall–Kier alpha value is -2.44. The zero-order valence-corrected chi connectivity index (χ0v) is 10.8. The van der Waals surface area contributed by atoms with E-state index in [9.17, 15) is 4.79 Å². The van der Waals surface area contributed by atoms with Crippen molar-refractivity contribution in [2.45, 2.75) is 19.9 Å². The van der Waals surface area contributed by atoms with Crippen LogP contribution in [0.4, 0.5) is 5.95 Å². The van der Waals surface area contributed by atoms with Crippen LogP contribution in [-0.4, -0.2) is 43.9 Å². The quantitative estimate of drug-likeness (QED) is 0.863. The molecule has 0 amide bonds. The minimum atomic E-state index is -0.920. The summed E-state index contributed by atoms with van der Waals surface area (Å²) in [6, 6.07) is 9.34. The second kappa shape index (κ2) is 5.47. The summed E-state index contributed by atoms with van der Waals surface area (Å²) in [6.07, 6.45) is 0. The Bertz CT molecular complexity index is 552. The second-order valence-corrected chi connectivity index (χ2v) is 4.34. The number of tetrazole rings is 1. The third-order valence-corrected chi connectivity index (χ3v) is 2.64. The van der Waals surface area contributed by atoms with E-state index in [4.69, 9.17) is 5.11 Å². The van der Waals surface area contributed by atoms with Crippen LogP contribution in [0.1, 0.15) is 13.8 Å². The number of para-hydroxylation sites is 1. The lowest BCUT2D eigenvalue weighted by molar-refractivity contribution is -0.135. The molecule has 0 saturated heterocycles. The maximum Gasteiger partial charge on any atom is 0.323 e. The lowest BCUT2D eigenvalue weighted by Gasteiger charge is -2.24. The molecule has 7 nitrogen and oxygen atoms in total. The van der Waals surface area contributed by atoms with Crippen molar-refractivity contribution >= 4 is 11.9 Å². The summed E-state index contributed by atoms with van der Waals surface area (Å²) >= 11 is 0. The van der Waals surface area contributed by atoms with Gasteiger partial charge in [0.1, 0.15) is 6.54 Å². The molecule has 0 aliphatic carbocycles. The molecule has 0 atom stereocenters. The van der Waals surface area contributed by atoms with Gasteiger partial charge in [-0.05, 0) is 36.4 Å². The number of carbonyl (C=O) groups is 1. The van der Waals surface area contributed by atoms with Gasteiger partial charge in [0, 0.05) is 6.04 Å². The van der Waals surface area contributed by atoms with Crippen LogP contribution in [0.5, 0.6) is 0 Å². The van der Waals surface area contributed by atoms with Gasteiger partial charge in [-0.15, -0.1) is 0 Å². The Morgan fingerprint density at radius 3 is 2.63 bits per heavy atom. The molecule has 0 bridgehead atoms. The fourth-order valence-electron chi connectivity index (χ4n) is 1.73. The Morgan fingerprint density at radius 2 is 2.05 bits per heavy atom. The number of aromatic nitrogens is 4. The van der Waals surface area contributed by atoms with Crippen LogP contribution in [-0.2, 0) is 4.79 Å². The Kier molecular flexibility index (Phi) is 3.74. The van der Waals surface area contributed by atoms with Crippen LogP contribution in [0.2, 0.25) is 0 Å². The summed E-state index contributed by atoms with van der Waals surface area (Å²) in [5, 5.41) is 20.5. The zero-order chi connectivity index (χ0) is 13.8. The van der Waals surface area contributed by atoms with E-state index in [1.807, 2.05) is 44.2 Å². The van der Waals surface area contributed by atoms with Crippen molar-refractivity contribution < 1.29 is 9.90 Å². The number of anilines is 1. The number of rotatable bonds is 5. The third-order valence-electron chi connectivity index (χ3n) is 2.64. The van der Waals surface area contributed by atoms with Crippen molar-refractivity contribution in [3.63, 3.8) is 0 Å². The normalized spacial score (nSPS) is 10.7. The van der Waals surface area contributed by atoms with Crippen molar-refractivity contribution in [2.24, 2.45) is 0 Å². The van der Waals surface area contributed by atoms with E-state index in [0.717, 1.165) is 5.69 Å². The summed E-state index contributed by atoms with van der Waals surface area (Å²) < 4.78 is 1.53. The minimum absolute atomic E-state index is 0.0236. The van der Waals surface area contributed by atoms with Crippen LogP contribution in [0.15, 0.2) is 30.3 Å². The summed E-state index contributed by atoms with van der Waals surface area (Å²) in [5.74, 6) is -0.500. The molecule has 19 heavy (non-hydrogen) atoms. The zero-order valence-electron chi connectivity index (χ0n) is 10.8. The molecule has 0 radical (unpaired) electrons. The van der Waals surface area contributed by atoms with Gasteiger partial charge < -0.3 is 10.0 Å². The summed E-state index contributed by atoms with van der Waals surface area (Å²) in [5.41, 5.74) is 0.790. The van der Waals surface area contributed by atoms with Gasteiger partial charge in [-0.1, -0.05) is 23.3 Å². The molecular formula is C12H15N5O2. The number of hydrogen-bond donors (Lipinski definition) is 1. The molecule has 7 heteroatoms. The molecule has 1 N–H and O–H groups in total. The molecule has 2 rings (SSSR count). The Morgan fingerprint density at radius 1 is 1.37 bits per heavy atom. The van der Waals surface area contributed by atoms with E-state index in [2.05, 4.69) is 15.5 Å². The van der Waals surface area contributed by atoms with E-state index in [1.165, 1.54) is 4.68 Å². The van der Waals surface area contributed by atoms with Gasteiger partial charge in [-0.25, -0.2) is 0 Å². The number of aliphatic carboxylic acids is 1. The molecule has 0 saturated carbocycles. The Balaban J connectivity index is 2.39. The predicted molar refractivity (Wildman–Crippen MR) is 69.3 cm³/mol. The molecule has 0 fully saturated rings. The molecule has 0 spiro atoms. The first-order valence-electron chi connectivity index (χ1n) is 5.92. The van der Waals surface area contributed by atoms with E-state index < -0.39 is 5.97 Å². The van der Waals surface area contributed by atoms with E-state index in [-0.39, 0.29) is 12.6 Å². The van der Waals surface area contributed by atoms with Gasteiger partial charge in [0.2, 0.25) is 0 Å². The van der Waals surface area contributed by atoms with E-state index >= 15 is 0 Å². The monoisotopic (exact) mass is 261 g/mol. The first kappa shape index (κ1) is 13.0. The standard InChI is InChI=1S/C12H15N5O2/c1-9(2)16(8-11(18)19)12-13-14-15-17(12)10-6-4-3-5-7-10/h3-7,9H,8H2,1-2H3,(H,18,19). The number of nitrogens with zero attached hydrogens (tertiary/aromatic N) is 5. The lowest BCUT2D eigenvalue weighted by Crippen LogP contribution is -2.37. The molecule has 1 heterocycles. The van der Waals surface area contributed by atoms with Crippen molar-refractivity contribution in [3.05, 3.63) is 30.3 Å². The molecule has 1 aromatic heterocycles. The number of hydrogen-bond acceptors (Lipinski definition) is 5. The summed E-state index contributed by atoms with van der Waals surface area (Å²) in [4.78, 5) is 12.6. The Labute approximate surface area is 110 Å². The van der Waals surface area contributed by atoms with Crippen molar-refractivity contribution in [2.75, 3.05) is 11.4 Å². The number of benzene rings is 1.